The van der Waals surface area contributed by atoms with Crippen LogP contribution in [0.15, 0.2) is 78.9 Å². The molecule has 0 aromatic heterocycles. The Morgan fingerprint density at radius 1 is 0.903 bits per heavy atom. The molecule has 0 heterocycles. The number of hydrogen-bond acceptors (Lipinski definition) is 4. The molecule has 0 atom stereocenters. The molecule has 6 nitrogen and oxygen atoms in total. The summed E-state index contributed by atoms with van der Waals surface area (Å²) in [7, 11) is -3.61. The lowest BCUT2D eigenvalue weighted by Crippen LogP contribution is -2.34. The van der Waals surface area contributed by atoms with Crippen LogP contribution in [-0.4, -0.2) is 25.1 Å². The topological polar surface area (TPSA) is 75.7 Å². The highest BCUT2D eigenvalue weighted by Crippen LogP contribution is 2.18. The van der Waals surface area contributed by atoms with Gasteiger partial charge in [0, 0.05) is 18.8 Å². The summed E-state index contributed by atoms with van der Waals surface area (Å²) in [5.41, 5.74) is 2.22. The van der Waals surface area contributed by atoms with Crippen molar-refractivity contribution in [1.29, 1.82) is 0 Å². The van der Waals surface area contributed by atoms with Gasteiger partial charge in [0.1, 0.15) is 11.6 Å². The normalized spacial score (nSPS) is 11.0. The fourth-order valence-corrected chi connectivity index (χ4v) is 3.33. The average Bonchev–Trinajstić information content (AvgIpc) is 2.76. The van der Waals surface area contributed by atoms with Gasteiger partial charge in [0.05, 0.1) is 5.75 Å². The van der Waals surface area contributed by atoms with Gasteiger partial charge < -0.3 is 14.4 Å². The van der Waals surface area contributed by atoms with Crippen LogP contribution < -0.4 is 9.50 Å². The molecule has 8 heteroatoms. The first-order valence-corrected chi connectivity index (χ1v) is 11.3. The minimum Gasteiger partial charge on any atom is -0.382 e. The van der Waals surface area contributed by atoms with Gasteiger partial charge in [-0.05, 0) is 54.4 Å². The second-order valence-electron chi connectivity index (χ2n) is 6.85. The Kier molecular flexibility index (Phi) is 7.25. The summed E-state index contributed by atoms with van der Waals surface area (Å²) in [6, 6.07) is 21.2. The molecule has 3 aromatic rings. The molecular weight excluding hydrogens is 419 g/mol. The zero-order chi connectivity index (χ0) is 22.3. The van der Waals surface area contributed by atoms with Crippen molar-refractivity contribution in [1.82, 2.24) is 4.90 Å². The molecule has 0 aliphatic carbocycles. The van der Waals surface area contributed by atoms with Crippen molar-refractivity contribution in [2.75, 3.05) is 11.1 Å². The van der Waals surface area contributed by atoms with E-state index in [1.807, 2.05) is 18.2 Å². The average molecular weight is 443 g/mol. The van der Waals surface area contributed by atoms with Gasteiger partial charge in [0.2, 0.25) is 0 Å². The number of carbonyl (C=O) groups is 1. The van der Waals surface area contributed by atoms with E-state index in [1.54, 1.807) is 53.4 Å². The Morgan fingerprint density at radius 2 is 1.45 bits per heavy atom. The van der Waals surface area contributed by atoms with E-state index in [9.17, 15) is 17.6 Å². The third-order valence-electron chi connectivity index (χ3n) is 4.47. The van der Waals surface area contributed by atoms with E-state index >= 15 is 0 Å². The molecule has 1 N–H and O–H groups in total. The van der Waals surface area contributed by atoms with E-state index in [0.717, 1.165) is 11.1 Å². The summed E-state index contributed by atoms with van der Waals surface area (Å²) in [6.45, 7) is 2.03. The van der Waals surface area contributed by atoms with Crippen molar-refractivity contribution in [2.24, 2.45) is 0 Å². The predicted octanol–water partition coefficient (Wildman–Crippen LogP) is 4.79. The van der Waals surface area contributed by atoms with E-state index in [4.69, 9.17) is 4.18 Å². The van der Waals surface area contributed by atoms with Crippen LogP contribution in [0.1, 0.15) is 18.1 Å². The van der Waals surface area contributed by atoms with Gasteiger partial charge >= 0.3 is 16.1 Å². The highest BCUT2D eigenvalue weighted by Gasteiger charge is 2.16. The predicted molar refractivity (Wildman–Crippen MR) is 118 cm³/mol. The second-order valence-corrected chi connectivity index (χ2v) is 8.71. The zero-order valence-corrected chi connectivity index (χ0v) is 17.8. The number of anilines is 1. The van der Waals surface area contributed by atoms with Gasteiger partial charge in [-0.15, -0.1) is 0 Å². The number of para-hydroxylation sites is 1. The summed E-state index contributed by atoms with van der Waals surface area (Å²) in [5, 5.41) is 2.85. The molecule has 0 saturated heterocycles. The Bertz CT molecular complexity index is 1100. The molecule has 0 aliphatic rings. The summed E-state index contributed by atoms with van der Waals surface area (Å²) >= 11 is 0. The maximum absolute atomic E-state index is 13.3. The van der Waals surface area contributed by atoms with E-state index in [2.05, 4.69) is 5.32 Å². The Balaban J connectivity index is 1.76. The van der Waals surface area contributed by atoms with Crippen molar-refractivity contribution >= 4 is 21.8 Å². The summed E-state index contributed by atoms with van der Waals surface area (Å²) in [5.74, 6) is -0.258. The number of carbonyl (C=O) groups excluding carboxylic acids is 1. The fraction of sp³-hybridized carbons (Fsp3) is 0.174. The molecule has 3 rings (SSSR count). The standard InChI is InChI=1S/C23H23FN2O4S/c1-2-31(28,29)30-22-14-10-19(11-15-22)17-26(16-18-8-12-20(24)13-9-18)23(27)25-21-6-4-3-5-7-21/h3-15H,2,16-17H2,1H3,(H,25,27). The van der Waals surface area contributed by atoms with Crippen LogP contribution in [-0.2, 0) is 23.2 Å². The number of amides is 2. The number of nitrogens with one attached hydrogen (secondary N) is 1. The van der Waals surface area contributed by atoms with E-state index < -0.39 is 10.1 Å². The van der Waals surface area contributed by atoms with Crippen LogP contribution >= 0.6 is 0 Å². The third kappa shape index (κ3) is 6.82. The van der Waals surface area contributed by atoms with Crippen LogP contribution in [0, 0.1) is 5.82 Å². The molecule has 0 saturated carbocycles. The van der Waals surface area contributed by atoms with Crippen LogP contribution in [0.25, 0.3) is 0 Å². The van der Waals surface area contributed by atoms with E-state index in [-0.39, 0.29) is 36.4 Å². The Labute approximate surface area is 181 Å². The van der Waals surface area contributed by atoms with Crippen LogP contribution in [0.4, 0.5) is 14.9 Å². The molecule has 0 bridgehead atoms. The van der Waals surface area contributed by atoms with E-state index in [1.165, 1.54) is 19.1 Å². The SMILES string of the molecule is CCS(=O)(=O)Oc1ccc(CN(Cc2ccc(F)cc2)C(=O)Nc2ccccc2)cc1. The Morgan fingerprint density at radius 3 is 2.00 bits per heavy atom. The molecular formula is C23H23FN2O4S. The Hall–Kier alpha value is -3.39. The molecule has 0 aliphatic heterocycles. The fourth-order valence-electron chi connectivity index (χ4n) is 2.81. The van der Waals surface area contributed by atoms with Crippen molar-refractivity contribution in [3.05, 3.63) is 95.8 Å². The molecule has 0 radical (unpaired) electrons. The monoisotopic (exact) mass is 442 g/mol. The molecule has 0 spiro atoms. The lowest BCUT2D eigenvalue weighted by atomic mass is 10.1. The van der Waals surface area contributed by atoms with E-state index in [0.29, 0.717) is 5.69 Å². The minimum absolute atomic E-state index is 0.125. The summed E-state index contributed by atoms with van der Waals surface area (Å²) < 4.78 is 41.5. The smallest absolute Gasteiger partial charge is 0.322 e. The molecule has 2 amide bonds. The van der Waals surface area contributed by atoms with Crippen molar-refractivity contribution in [3.63, 3.8) is 0 Å². The van der Waals surface area contributed by atoms with Crippen LogP contribution in [0.2, 0.25) is 0 Å². The summed E-state index contributed by atoms with van der Waals surface area (Å²) in [4.78, 5) is 14.5. The van der Waals surface area contributed by atoms with Crippen LogP contribution in [0.3, 0.4) is 0 Å². The highest BCUT2D eigenvalue weighted by molar-refractivity contribution is 7.87. The molecule has 3 aromatic carbocycles. The number of urea groups is 1. The van der Waals surface area contributed by atoms with Crippen molar-refractivity contribution < 1.29 is 21.8 Å². The van der Waals surface area contributed by atoms with Gasteiger partial charge in [-0.25, -0.2) is 9.18 Å². The molecule has 31 heavy (non-hydrogen) atoms. The second kappa shape index (κ2) is 10.1. The molecule has 162 valence electrons. The number of nitrogens with zero attached hydrogens (tertiary/aromatic N) is 1. The number of benzene rings is 3. The van der Waals surface area contributed by atoms with Gasteiger partial charge in [0.25, 0.3) is 0 Å². The minimum atomic E-state index is -3.61. The summed E-state index contributed by atoms with van der Waals surface area (Å²) in [6.07, 6.45) is 0. The first-order chi connectivity index (χ1) is 14.8. The molecule has 0 unspecified atom stereocenters. The lowest BCUT2D eigenvalue weighted by molar-refractivity contribution is 0.206. The third-order valence-corrected chi connectivity index (χ3v) is 5.63. The number of rotatable bonds is 8. The first-order valence-electron chi connectivity index (χ1n) is 9.71. The maximum Gasteiger partial charge on any atom is 0.322 e. The lowest BCUT2D eigenvalue weighted by Gasteiger charge is -2.23. The van der Waals surface area contributed by atoms with Gasteiger partial charge in [-0.1, -0.05) is 42.5 Å². The largest absolute Gasteiger partial charge is 0.382 e. The first kappa shape index (κ1) is 22.3. The highest BCUT2D eigenvalue weighted by atomic mass is 32.2. The maximum atomic E-state index is 13.3. The van der Waals surface area contributed by atoms with Crippen LogP contribution in [0.5, 0.6) is 5.75 Å². The quantitative estimate of drug-likeness (QED) is 0.509. The number of hydrogen-bond donors (Lipinski definition) is 1. The number of halogens is 1. The van der Waals surface area contributed by atoms with Gasteiger partial charge in [-0.2, -0.15) is 8.42 Å². The van der Waals surface area contributed by atoms with Gasteiger partial charge in [0.15, 0.2) is 0 Å². The van der Waals surface area contributed by atoms with Crippen molar-refractivity contribution in [2.45, 2.75) is 20.0 Å². The molecule has 0 fully saturated rings. The zero-order valence-electron chi connectivity index (χ0n) is 17.0. The van der Waals surface area contributed by atoms with Crippen molar-refractivity contribution in [3.8, 4) is 5.75 Å². The van der Waals surface area contributed by atoms with Gasteiger partial charge in [-0.3, -0.25) is 0 Å².